The van der Waals surface area contributed by atoms with E-state index in [-0.39, 0.29) is 37.5 Å². The summed E-state index contributed by atoms with van der Waals surface area (Å²) in [5.74, 6) is -1.10. The molecule has 28 heavy (non-hydrogen) atoms. The van der Waals surface area contributed by atoms with E-state index < -0.39 is 5.91 Å². The molecule has 1 atom stereocenters. The van der Waals surface area contributed by atoms with E-state index in [1.165, 1.54) is 11.9 Å². The molecule has 0 fully saturated rings. The molecule has 8 nitrogen and oxygen atoms in total. The van der Waals surface area contributed by atoms with Gasteiger partial charge < -0.3 is 21.3 Å². The van der Waals surface area contributed by atoms with Crippen molar-refractivity contribution in [1.29, 1.82) is 0 Å². The number of hydrogen-bond acceptors (Lipinski definition) is 5. The lowest BCUT2D eigenvalue weighted by Gasteiger charge is -2.22. The van der Waals surface area contributed by atoms with Crippen LogP contribution in [0.25, 0.3) is 0 Å². The zero-order valence-corrected chi connectivity index (χ0v) is 15.8. The quantitative estimate of drug-likeness (QED) is 0.564. The number of pyridine rings is 1. The summed E-state index contributed by atoms with van der Waals surface area (Å²) in [6, 6.07) is 15.0. The molecule has 1 aromatic carbocycles. The van der Waals surface area contributed by atoms with Gasteiger partial charge >= 0.3 is 0 Å². The van der Waals surface area contributed by atoms with E-state index in [0.717, 1.165) is 11.3 Å². The first kappa shape index (κ1) is 21.0. The molecule has 2 rings (SSSR count). The van der Waals surface area contributed by atoms with Crippen LogP contribution in [0.1, 0.15) is 17.3 Å². The summed E-state index contributed by atoms with van der Waals surface area (Å²) >= 11 is 0. The van der Waals surface area contributed by atoms with Gasteiger partial charge in [0.1, 0.15) is 0 Å². The molecule has 1 aromatic heterocycles. The molecule has 4 N–H and O–H groups in total. The number of benzene rings is 1. The third-order valence-electron chi connectivity index (χ3n) is 4.11. The molecule has 1 unspecified atom stereocenters. The van der Waals surface area contributed by atoms with Gasteiger partial charge in [0, 0.05) is 25.4 Å². The van der Waals surface area contributed by atoms with Crippen LogP contribution >= 0.6 is 0 Å². The summed E-state index contributed by atoms with van der Waals surface area (Å²) in [4.78, 5) is 41.2. The Hall–Kier alpha value is -3.26. The highest BCUT2D eigenvalue weighted by molar-refractivity contribution is 5.88. The standard InChI is InChI=1S/C20H25N5O3/c1-25(20(28)13-23-18(26)12-21)14-19(27)24-17(15-7-3-2-4-8-15)11-16-9-5-6-10-22-16/h2-10,17H,11-14,21H2,1H3,(H,23,26)(H,24,27). The number of aromatic nitrogens is 1. The molecule has 0 aliphatic carbocycles. The number of carbonyl (C=O) groups excluding carboxylic acids is 3. The predicted octanol–water partition coefficient (Wildman–Crippen LogP) is 0.0149. The number of nitrogens with one attached hydrogen (secondary N) is 2. The monoisotopic (exact) mass is 383 g/mol. The van der Waals surface area contributed by atoms with Crippen LogP contribution in [0, 0.1) is 0 Å². The smallest absolute Gasteiger partial charge is 0.242 e. The van der Waals surface area contributed by atoms with Crippen molar-refractivity contribution in [2.24, 2.45) is 5.73 Å². The number of amides is 3. The van der Waals surface area contributed by atoms with Crippen molar-refractivity contribution >= 4 is 17.7 Å². The fraction of sp³-hybridized carbons (Fsp3) is 0.300. The summed E-state index contributed by atoms with van der Waals surface area (Å²) in [6.45, 7) is -0.511. The van der Waals surface area contributed by atoms with E-state index in [1.807, 2.05) is 48.5 Å². The number of nitrogens with two attached hydrogens (primary N) is 1. The number of likely N-dealkylation sites (N-methyl/N-ethyl adjacent to an activating group) is 1. The van der Waals surface area contributed by atoms with Crippen LogP contribution in [0.3, 0.4) is 0 Å². The van der Waals surface area contributed by atoms with Crippen molar-refractivity contribution in [2.75, 3.05) is 26.7 Å². The SMILES string of the molecule is CN(CC(=O)NC(Cc1ccccn1)c1ccccc1)C(=O)CNC(=O)CN. The van der Waals surface area contributed by atoms with Crippen molar-refractivity contribution in [3.05, 3.63) is 66.0 Å². The van der Waals surface area contributed by atoms with Crippen molar-refractivity contribution < 1.29 is 14.4 Å². The minimum absolute atomic E-state index is 0.122. The lowest BCUT2D eigenvalue weighted by molar-refractivity contribution is -0.135. The van der Waals surface area contributed by atoms with Gasteiger partial charge in [0.05, 0.1) is 25.7 Å². The Labute approximate surface area is 164 Å². The molecule has 0 saturated carbocycles. The van der Waals surface area contributed by atoms with Crippen LogP contribution in [0.15, 0.2) is 54.7 Å². The first-order valence-electron chi connectivity index (χ1n) is 8.94. The maximum atomic E-state index is 12.5. The Balaban J connectivity index is 1.98. The van der Waals surface area contributed by atoms with Gasteiger partial charge in [-0.3, -0.25) is 19.4 Å². The van der Waals surface area contributed by atoms with Crippen LogP contribution < -0.4 is 16.4 Å². The zero-order chi connectivity index (χ0) is 20.4. The summed E-state index contributed by atoms with van der Waals surface area (Å²) in [5.41, 5.74) is 6.98. The Kier molecular flexibility index (Phi) is 8.11. The highest BCUT2D eigenvalue weighted by atomic mass is 16.2. The van der Waals surface area contributed by atoms with Gasteiger partial charge in [0.25, 0.3) is 0 Å². The third kappa shape index (κ3) is 6.81. The Bertz CT molecular complexity index is 783. The Morgan fingerprint density at radius 1 is 1.07 bits per heavy atom. The molecule has 0 radical (unpaired) electrons. The van der Waals surface area contributed by atoms with Crippen LogP contribution in [0.5, 0.6) is 0 Å². The maximum absolute atomic E-state index is 12.5. The van der Waals surface area contributed by atoms with Gasteiger partial charge in [-0.05, 0) is 17.7 Å². The van der Waals surface area contributed by atoms with Gasteiger partial charge in [-0.15, -0.1) is 0 Å². The van der Waals surface area contributed by atoms with E-state index in [4.69, 9.17) is 5.73 Å². The summed E-state index contributed by atoms with van der Waals surface area (Å²) in [7, 11) is 1.51. The second kappa shape index (κ2) is 10.8. The summed E-state index contributed by atoms with van der Waals surface area (Å²) < 4.78 is 0. The maximum Gasteiger partial charge on any atom is 0.242 e. The average molecular weight is 383 g/mol. The van der Waals surface area contributed by atoms with Gasteiger partial charge in [0.2, 0.25) is 17.7 Å². The van der Waals surface area contributed by atoms with Crippen molar-refractivity contribution in [2.45, 2.75) is 12.5 Å². The lowest BCUT2D eigenvalue weighted by Crippen LogP contribution is -2.44. The van der Waals surface area contributed by atoms with Gasteiger partial charge in [-0.1, -0.05) is 36.4 Å². The third-order valence-corrected chi connectivity index (χ3v) is 4.11. The number of rotatable bonds is 9. The van der Waals surface area contributed by atoms with Crippen LogP contribution in [-0.4, -0.2) is 54.3 Å². The first-order valence-corrected chi connectivity index (χ1v) is 8.94. The van der Waals surface area contributed by atoms with Crippen molar-refractivity contribution in [3.63, 3.8) is 0 Å². The highest BCUT2D eigenvalue weighted by Crippen LogP contribution is 2.17. The van der Waals surface area contributed by atoms with Crippen LogP contribution in [0.4, 0.5) is 0 Å². The predicted molar refractivity (Wildman–Crippen MR) is 105 cm³/mol. The highest BCUT2D eigenvalue weighted by Gasteiger charge is 2.19. The molecule has 0 aliphatic heterocycles. The fourth-order valence-electron chi connectivity index (χ4n) is 2.59. The molecule has 1 heterocycles. The number of nitrogens with zero attached hydrogens (tertiary/aromatic N) is 2. The molecule has 0 saturated heterocycles. The van der Waals surface area contributed by atoms with Crippen LogP contribution in [0.2, 0.25) is 0 Å². The number of hydrogen-bond donors (Lipinski definition) is 3. The van der Waals surface area contributed by atoms with Gasteiger partial charge in [-0.25, -0.2) is 0 Å². The topological polar surface area (TPSA) is 117 Å². The molecular weight excluding hydrogens is 358 g/mol. The Morgan fingerprint density at radius 3 is 2.43 bits per heavy atom. The van der Waals surface area contributed by atoms with Crippen molar-refractivity contribution in [1.82, 2.24) is 20.5 Å². The fourth-order valence-corrected chi connectivity index (χ4v) is 2.59. The minimum atomic E-state index is -0.425. The van der Waals surface area contributed by atoms with E-state index >= 15 is 0 Å². The van der Waals surface area contributed by atoms with E-state index in [2.05, 4.69) is 15.6 Å². The van der Waals surface area contributed by atoms with Crippen molar-refractivity contribution in [3.8, 4) is 0 Å². The largest absolute Gasteiger partial charge is 0.347 e. The van der Waals surface area contributed by atoms with E-state index in [1.54, 1.807) is 6.20 Å². The van der Waals surface area contributed by atoms with Gasteiger partial charge in [-0.2, -0.15) is 0 Å². The summed E-state index contributed by atoms with van der Waals surface area (Å²) in [5, 5.41) is 5.35. The zero-order valence-electron chi connectivity index (χ0n) is 15.8. The molecule has 0 aliphatic rings. The molecule has 148 valence electrons. The lowest BCUT2D eigenvalue weighted by atomic mass is 10.0. The number of carbonyl (C=O) groups is 3. The first-order chi connectivity index (χ1) is 13.5. The van der Waals surface area contributed by atoms with E-state index in [9.17, 15) is 14.4 Å². The molecule has 8 heteroatoms. The average Bonchev–Trinajstić information content (AvgIpc) is 2.72. The Morgan fingerprint density at radius 2 is 1.79 bits per heavy atom. The van der Waals surface area contributed by atoms with E-state index in [0.29, 0.717) is 6.42 Å². The van der Waals surface area contributed by atoms with Gasteiger partial charge in [0.15, 0.2) is 0 Å². The second-order valence-electron chi connectivity index (χ2n) is 6.29. The molecule has 0 spiro atoms. The molecular formula is C20H25N5O3. The minimum Gasteiger partial charge on any atom is -0.347 e. The summed E-state index contributed by atoms with van der Waals surface area (Å²) in [6.07, 6.45) is 2.24. The van der Waals surface area contributed by atoms with Crippen LogP contribution in [-0.2, 0) is 20.8 Å². The normalized spacial score (nSPS) is 11.4. The molecule has 0 bridgehead atoms. The molecule has 3 amide bonds. The molecule has 2 aromatic rings. The second-order valence-corrected chi connectivity index (χ2v) is 6.29.